The first-order valence-electron chi connectivity index (χ1n) is 5.98. The van der Waals surface area contributed by atoms with Crippen LogP contribution in [0.25, 0.3) is 0 Å². The molecule has 1 aliphatic carbocycles. The Labute approximate surface area is 93.4 Å². The fraction of sp³-hybridized carbons (Fsp3) is 1.00. The molecule has 0 bridgehead atoms. The molecule has 3 heteroatoms. The molecule has 15 heavy (non-hydrogen) atoms. The van der Waals surface area contributed by atoms with Crippen molar-refractivity contribution < 1.29 is 9.84 Å². The van der Waals surface area contributed by atoms with Gasteiger partial charge in [0.2, 0.25) is 0 Å². The van der Waals surface area contributed by atoms with E-state index in [0.717, 1.165) is 12.8 Å². The predicted molar refractivity (Wildman–Crippen MR) is 62.0 cm³/mol. The van der Waals surface area contributed by atoms with E-state index in [-0.39, 0.29) is 11.6 Å². The number of aliphatic hydroxyl groups is 1. The van der Waals surface area contributed by atoms with Gasteiger partial charge in [0.05, 0.1) is 12.7 Å². The van der Waals surface area contributed by atoms with E-state index in [1.807, 2.05) is 0 Å². The minimum atomic E-state index is -0.365. The second-order valence-electron chi connectivity index (χ2n) is 4.88. The third-order valence-corrected chi connectivity index (χ3v) is 3.80. The third kappa shape index (κ3) is 2.92. The van der Waals surface area contributed by atoms with Crippen LogP contribution >= 0.6 is 0 Å². The summed E-state index contributed by atoms with van der Waals surface area (Å²) in [5.41, 5.74) is -0.0630. The molecule has 1 aliphatic rings. The number of ether oxygens (including phenoxy) is 1. The topological polar surface area (TPSA) is 32.7 Å². The number of methoxy groups -OCH3 is 1. The van der Waals surface area contributed by atoms with Crippen LogP contribution in [0, 0.1) is 0 Å². The van der Waals surface area contributed by atoms with Crippen LogP contribution in [0.3, 0.4) is 0 Å². The monoisotopic (exact) mass is 215 g/mol. The Morgan fingerprint density at radius 1 is 1.20 bits per heavy atom. The van der Waals surface area contributed by atoms with Crippen molar-refractivity contribution in [3.05, 3.63) is 0 Å². The van der Waals surface area contributed by atoms with Crippen LogP contribution < -0.4 is 0 Å². The molecule has 90 valence electrons. The summed E-state index contributed by atoms with van der Waals surface area (Å²) in [5.74, 6) is 0. The summed E-state index contributed by atoms with van der Waals surface area (Å²) in [5, 5.41) is 10.3. The van der Waals surface area contributed by atoms with E-state index in [2.05, 4.69) is 19.0 Å². The summed E-state index contributed by atoms with van der Waals surface area (Å²) >= 11 is 0. The van der Waals surface area contributed by atoms with Crippen molar-refractivity contribution in [2.24, 2.45) is 0 Å². The SMILES string of the molecule is COCC(O)C1(N(C)C)CCCCCC1. The Balaban J connectivity index is 2.74. The zero-order valence-electron chi connectivity index (χ0n) is 10.3. The maximum Gasteiger partial charge on any atom is 0.0956 e. The van der Waals surface area contributed by atoms with Crippen LogP contribution in [-0.4, -0.2) is 49.5 Å². The number of nitrogens with zero attached hydrogens (tertiary/aromatic N) is 1. The van der Waals surface area contributed by atoms with Gasteiger partial charge in [0.25, 0.3) is 0 Å². The van der Waals surface area contributed by atoms with Gasteiger partial charge in [0.1, 0.15) is 0 Å². The van der Waals surface area contributed by atoms with Gasteiger partial charge in [-0.05, 0) is 26.9 Å². The Morgan fingerprint density at radius 3 is 2.13 bits per heavy atom. The molecule has 3 nitrogen and oxygen atoms in total. The van der Waals surface area contributed by atoms with Crippen LogP contribution in [-0.2, 0) is 4.74 Å². The number of aliphatic hydroxyl groups excluding tert-OH is 1. The van der Waals surface area contributed by atoms with Gasteiger partial charge < -0.3 is 14.7 Å². The molecule has 1 N–H and O–H groups in total. The van der Waals surface area contributed by atoms with Crippen LogP contribution in [0.1, 0.15) is 38.5 Å². The summed E-state index contributed by atoms with van der Waals surface area (Å²) < 4.78 is 5.10. The van der Waals surface area contributed by atoms with E-state index in [1.54, 1.807) is 7.11 Å². The van der Waals surface area contributed by atoms with Crippen molar-refractivity contribution >= 4 is 0 Å². The van der Waals surface area contributed by atoms with Gasteiger partial charge in [-0.1, -0.05) is 25.7 Å². The van der Waals surface area contributed by atoms with Gasteiger partial charge in [-0.3, -0.25) is 0 Å². The highest BCUT2D eigenvalue weighted by Crippen LogP contribution is 2.34. The van der Waals surface area contributed by atoms with Crippen molar-refractivity contribution in [3.8, 4) is 0 Å². The van der Waals surface area contributed by atoms with Crippen LogP contribution in [0.4, 0.5) is 0 Å². The first kappa shape index (κ1) is 12.9. The zero-order chi connectivity index (χ0) is 11.3. The summed E-state index contributed by atoms with van der Waals surface area (Å²) in [4.78, 5) is 2.20. The summed E-state index contributed by atoms with van der Waals surface area (Å²) in [6.07, 6.45) is 6.85. The lowest BCUT2D eigenvalue weighted by Gasteiger charge is -2.43. The maximum absolute atomic E-state index is 10.3. The minimum absolute atomic E-state index is 0.0630. The van der Waals surface area contributed by atoms with Crippen molar-refractivity contribution in [2.45, 2.75) is 50.2 Å². The van der Waals surface area contributed by atoms with Gasteiger partial charge >= 0.3 is 0 Å². The molecule has 0 amide bonds. The van der Waals surface area contributed by atoms with Gasteiger partial charge in [0, 0.05) is 12.6 Å². The van der Waals surface area contributed by atoms with Crippen molar-refractivity contribution in [1.82, 2.24) is 4.90 Å². The lowest BCUT2D eigenvalue weighted by molar-refractivity contribution is -0.0554. The molecular weight excluding hydrogens is 190 g/mol. The maximum atomic E-state index is 10.3. The van der Waals surface area contributed by atoms with Crippen LogP contribution in [0.15, 0.2) is 0 Å². The standard InChI is InChI=1S/C12H25NO2/c1-13(2)12(11(14)10-15-3)8-6-4-5-7-9-12/h11,14H,4-10H2,1-3H3. The minimum Gasteiger partial charge on any atom is -0.389 e. The van der Waals surface area contributed by atoms with Gasteiger partial charge in [-0.15, -0.1) is 0 Å². The molecule has 1 saturated carbocycles. The summed E-state index contributed by atoms with van der Waals surface area (Å²) in [6.45, 7) is 0.443. The number of rotatable bonds is 4. The molecule has 0 aromatic heterocycles. The molecule has 0 aliphatic heterocycles. The van der Waals surface area contributed by atoms with E-state index >= 15 is 0 Å². The summed E-state index contributed by atoms with van der Waals surface area (Å²) in [7, 11) is 5.80. The molecule has 0 saturated heterocycles. The fourth-order valence-electron chi connectivity index (χ4n) is 2.73. The van der Waals surface area contributed by atoms with Crippen molar-refractivity contribution in [1.29, 1.82) is 0 Å². The summed E-state index contributed by atoms with van der Waals surface area (Å²) in [6, 6.07) is 0. The Kier molecular flexibility index (Phi) is 5.03. The molecule has 0 radical (unpaired) electrons. The third-order valence-electron chi connectivity index (χ3n) is 3.80. The molecule has 0 aromatic rings. The Hall–Kier alpha value is -0.120. The second-order valence-corrected chi connectivity index (χ2v) is 4.88. The average molecular weight is 215 g/mol. The van der Waals surface area contributed by atoms with Crippen LogP contribution in [0.2, 0.25) is 0 Å². The van der Waals surface area contributed by atoms with Gasteiger partial charge in [-0.25, -0.2) is 0 Å². The van der Waals surface area contributed by atoms with E-state index in [4.69, 9.17) is 4.74 Å². The smallest absolute Gasteiger partial charge is 0.0956 e. The normalized spacial score (nSPS) is 23.8. The first-order chi connectivity index (χ1) is 7.13. The van der Waals surface area contributed by atoms with Crippen molar-refractivity contribution in [2.75, 3.05) is 27.8 Å². The van der Waals surface area contributed by atoms with Crippen LogP contribution in [0.5, 0.6) is 0 Å². The molecule has 1 atom stereocenters. The molecule has 1 unspecified atom stereocenters. The zero-order valence-corrected chi connectivity index (χ0v) is 10.3. The molecule has 0 aromatic carbocycles. The number of likely N-dealkylation sites (N-methyl/N-ethyl adjacent to an activating group) is 1. The first-order valence-corrected chi connectivity index (χ1v) is 5.98. The quantitative estimate of drug-likeness (QED) is 0.724. The van der Waals surface area contributed by atoms with Crippen molar-refractivity contribution in [3.63, 3.8) is 0 Å². The molecule has 1 fully saturated rings. The highest BCUT2D eigenvalue weighted by Gasteiger charge is 2.39. The Morgan fingerprint density at radius 2 is 1.73 bits per heavy atom. The molecule has 0 heterocycles. The van der Waals surface area contributed by atoms with E-state index < -0.39 is 0 Å². The van der Waals surface area contributed by atoms with E-state index in [0.29, 0.717) is 6.61 Å². The highest BCUT2D eigenvalue weighted by atomic mass is 16.5. The lowest BCUT2D eigenvalue weighted by Crippen LogP contribution is -2.55. The van der Waals surface area contributed by atoms with E-state index in [9.17, 15) is 5.11 Å². The number of hydrogen-bond donors (Lipinski definition) is 1. The lowest BCUT2D eigenvalue weighted by atomic mass is 9.83. The van der Waals surface area contributed by atoms with Gasteiger partial charge in [-0.2, -0.15) is 0 Å². The molecule has 0 spiro atoms. The van der Waals surface area contributed by atoms with E-state index in [1.165, 1.54) is 25.7 Å². The average Bonchev–Trinajstić information content (AvgIpc) is 2.43. The molecule has 1 rings (SSSR count). The Bertz CT molecular complexity index is 174. The predicted octanol–water partition coefficient (Wildman–Crippen LogP) is 1.65. The van der Waals surface area contributed by atoms with Gasteiger partial charge in [0.15, 0.2) is 0 Å². The number of hydrogen-bond acceptors (Lipinski definition) is 3. The highest BCUT2D eigenvalue weighted by molar-refractivity contribution is 4.95. The largest absolute Gasteiger partial charge is 0.389 e. The fourth-order valence-corrected chi connectivity index (χ4v) is 2.73. The second kappa shape index (κ2) is 5.83. The molecular formula is C12H25NO2.